The van der Waals surface area contributed by atoms with Gasteiger partial charge in [0, 0.05) is 17.9 Å². The maximum absolute atomic E-state index is 10.4. The minimum atomic E-state index is -1.22. The molecule has 0 saturated carbocycles. The normalized spacial score (nSPS) is 12.9. The summed E-state index contributed by atoms with van der Waals surface area (Å²) in [5.41, 5.74) is 0. The molecule has 0 bridgehead atoms. The van der Waals surface area contributed by atoms with E-state index >= 15 is 0 Å². The average molecular weight is 172 g/mol. The zero-order chi connectivity index (χ0) is 9.72. The molecule has 0 aliphatic rings. The summed E-state index contributed by atoms with van der Waals surface area (Å²) in [6.07, 6.45) is -0.140. The van der Waals surface area contributed by atoms with E-state index in [1.54, 1.807) is 13.8 Å². The molecule has 0 saturated heterocycles. The van der Waals surface area contributed by atoms with Gasteiger partial charge in [-0.1, -0.05) is 13.8 Å². The lowest BCUT2D eigenvalue weighted by atomic mass is 9.91. The van der Waals surface area contributed by atoms with E-state index < -0.39 is 17.9 Å². The number of carbonyl (C=O) groups excluding carboxylic acids is 2. The van der Waals surface area contributed by atoms with E-state index in [1.165, 1.54) is 0 Å². The van der Waals surface area contributed by atoms with Crippen molar-refractivity contribution < 1.29 is 19.8 Å². The molecule has 0 radical (unpaired) electrons. The maximum atomic E-state index is 10.4. The highest BCUT2D eigenvalue weighted by molar-refractivity contribution is 5.70. The Morgan fingerprint density at radius 2 is 1.75 bits per heavy atom. The minimum Gasteiger partial charge on any atom is -0.550 e. The molecule has 0 aromatic rings. The molecule has 0 amide bonds. The van der Waals surface area contributed by atoms with Crippen molar-refractivity contribution in [2.24, 2.45) is 11.8 Å². The lowest BCUT2D eigenvalue weighted by molar-refractivity contribution is -0.314. The summed E-state index contributed by atoms with van der Waals surface area (Å²) in [5, 5.41) is 20.5. The molecule has 0 rings (SSSR count). The molecule has 70 valence electrons. The molecule has 0 unspecified atom stereocenters. The van der Waals surface area contributed by atoms with Gasteiger partial charge in [0.05, 0.1) is 0 Å². The third-order valence-electron chi connectivity index (χ3n) is 1.77. The zero-order valence-corrected chi connectivity index (χ0v) is 7.20. The van der Waals surface area contributed by atoms with E-state index in [1.807, 2.05) is 0 Å². The molecular weight excluding hydrogens is 160 g/mol. The molecule has 0 aromatic heterocycles. The first-order valence-corrected chi connectivity index (χ1v) is 3.86. The van der Waals surface area contributed by atoms with Gasteiger partial charge in [-0.25, -0.2) is 0 Å². The Morgan fingerprint density at radius 3 is 2.00 bits per heavy atom. The second-order valence-corrected chi connectivity index (χ2v) is 3.08. The monoisotopic (exact) mass is 172 g/mol. The molecular formula is C8H12O4-2. The Balaban J connectivity index is 3.97. The van der Waals surface area contributed by atoms with Crippen LogP contribution in [0.5, 0.6) is 0 Å². The summed E-state index contributed by atoms with van der Waals surface area (Å²) >= 11 is 0. The van der Waals surface area contributed by atoms with Crippen molar-refractivity contribution in [1.82, 2.24) is 0 Å². The second kappa shape index (κ2) is 4.74. The van der Waals surface area contributed by atoms with Crippen molar-refractivity contribution in [2.75, 3.05) is 0 Å². The highest BCUT2D eigenvalue weighted by Gasteiger charge is 2.13. The van der Waals surface area contributed by atoms with Gasteiger partial charge < -0.3 is 19.8 Å². The fourth-order valence-electron chi connectivity index (χ4n) is 0.997. The van der Waals surface area contributed by atoms with Crippen molar-refractivity contribution in [3.63, 3.8) is 0 Å². The van der Waals surface area contributed by atoms with Crippen LogP contribution < -0.4 is 10.2 Å². The number of hydrogen-bond acceptors (Lipinski definition) is 4. The Labute approximate surface area is 71.2 Å². The molecule has 0 fully saturated rings. The molecule has 12 heavy (non-hydrogen) atoms. The van der Waals surface area contributed by atoms with Crippen molar-refractivity contribution in [3.8, 4) is 0 Å². The Morgan fingerprint density at radius 1 is 1.25 bits per heavy atom. The van der Waals surface area contributed by atoms with Gasteiger partial charge in [0.1, 0.15) is 0 Å². The van der Waals surface area contributed by atoms with Crippen LogP contribution in [0.3, 0.4) is 0 Å². The summed E-state index contributed by atoms with van der Waals surface area (Å²) in [7, 11) is 0. The number of carboxylic acids is 2. The first kappa shape index (κ1) is 10.9. The summed E-state index contributed by atoms with van der Waals surface area (Å²) in [6, 6.07) is 0. The summed E-state index contributed by atoms with van der Waals surface area (Å²) in [4.78, 5) is 20.5. The summed E-state index contributed by atoms with van der Waals surface area (Å²) in [5.74, 6) is -3.20. The van der Waals surface area contributed by atoms with E-state index in [0.717, 1.165) is 0 Å². The second-order valence-electron chi connectivity index (χ2n) is 3.08. The fourth-order valence-corrected chi connectivity index (χ4v) is 0.997. The van der Waals surface area contributed by atoms with Gasteiger partial charge in [-0.3, -0.25) is 0 Å². The third-order valence-corrected chi connectivity index (χ3v) is 1.77. The molecule has 4 nitrogen and oxygen atoms in total. The number of hydrogen-bond donors (Lipinski definition) is 0. The van der Waals surface area contributed by atoms with Gasteiger partial charge in [0.15, 0.2) is 0 Å². The molecule has 1 atom stereocenters. The van der Waals surface area contributed by atoms with Crippen molar-refractivity contribution in [2.45, 2.75) is 26.7 Å². The number of carbonyl (C=O) groups is 2. The molecule has 0 aromatic carbocycles. The average Bonchev–Trinajstić information content (AvgIpc) is 1.84. The number of aliphatic carboxylic acids is 2. The SMILES string of the molecule is CC(C)[C@@H](CCC(=O)[O-])C(=O)[O-]. The molecule has 4 heteroatoms. The molecule has 0 N–H and O–H groups in total. The standard InChI is InChI=1S/C8H14O4/c1-5(2)6(8(11)12)3-4-7(9)10/h5-6H,3-4H2,1-2H3,(H,9,10)(H,11,12)/p-2/t6-/m1/s1. The minimum absolute atomic E-state index is 0.0856. The number of rotatable bonds is 5. The highest BCUT2D eigenvalue weighted by Crippen LogP contribution is 2.15. The smallest absolute Gasteiger partial charge is 0.0447 e. The van der Waals surface area contributed by atoms with Crippen LogP contribution in [-0.4, -0.2) is 11.9 Å². The quantitative estimate of drug-likeness (QED) is 0.507. The Kier molecular flexibility index (Phi) is 4.33. The van der Waals surface area contributed by atoms with E-state index in [9.17, 15) is 19.8 Å². The summed E-state index contributed by atoms with van der Waals surface area (Å²) < 4.78 is 0. The van der Waals surface area contributed by atoms with Crippen LogP contribution >= 0.6 is 0 Å². The van der Waals surface area contributed by atoms with Gasteiger partial charge in [0.25, 0.3) is 0 Å². The van der Waals surface area contributed by atoms with Crippen LogP contribution in [0.25, 0.3) is 0 Å². The third kappa shape index (κ3) is 3.95. The fraction of sp³-hybridized carbons (Fsp3) is 0.750. The predicted molar refractivity (Wildman–Crippen MR) is 37.6 cm³/mol. The van der Waals surface area contributed by atoms with E-state index in [0.29, 0.717) is 0 Å². The van der Waals surface area contributed by atoms with Crippen LogP contribution in [0.2, 0.25) is 0 Å². The van der Waals surface area contributed by atoms with Gasteiger partial charge in [-0.2, -0.15) is 0 Å². The predicted octanol–water partition coefficient (Wildman–Crippen LogP) is -1.46. The molecule has 0 spiro atoms. The van der Waals surface area contributed by atoms with Gasteiger partial charge >= 0.3 is 0 Å². The van der Waals surface area contributed by atoms with Crippen LogP contribution in [-0.2, 0) is 9.59 Å². The van der Waals surface area contributed by atoms with Crippen LogP contribution in [0.1, 0.15) is 26.7 Å². The Bertz CT molecular complexity index is 174. The van der Waals surface area contributed by atoms with Crippen molar-refractivity contribution in [3.05, 3.63) is 0 Å². The van der Waals surface area contributed by atoms with Crippen LogP contribution in [0.15, 0.2) is 0 Å². The Hall–Kier alpha value is -1.06. The molecule has 0 aliphatic carbocycles. The largest absolute Gasteiger partial charge is 0.550 e. The lowest BCUT2D eigenvalue weighted by Crippen LogP contribution is -2.35. The maximum Gasteiger partial charge on any atom is 0.0447 e. The highest BCUT2D eigenvalue weighted by atomic mass is 16.4. The topological polar surface area (TPSA) is 80.3 Å². The zero-order valence-electron chi connectivity index (χ0n) is 7.20. The van der Waals surface area contributed by atoms with Gasteiger partial charge in [-0.05, 0) is 18.8 Å². The van der Waals surface area contributed by atoms with E-state index in [4.69, 9.17) is 0 Å². The van der Waals surface area contributed by atoms with Crippen molar-refractivity contribution in [1.29, 1.82) is 0 Å². The first-order valence-electron chi connectivity index (χ1n) is 3.86. The van der Waals surface area contributed by atoms with Crippen LogP contribution in [0, 0.1) is 11.8 Å². The van der Waals surface area contributed by atoms with Crippen LogP contribution in [0.4, 0.5) is 0 Å². The van der Waals surface area contributed by atoms with Gasteiger partial charge in [0.2, 0.25) is 0 Å². The van der Waals surface area contributed by atoms with E-state index in [-0.39, 0.29) is 18.8 Å². The van der Waals surface area contributed by atoms with Gasteiger partial charge in [-0.15, -0.1) is 0 Å². The lowest BCUT2D eigenvalue weighted by Gasteiger charge is -2.21. The summed E-state index contributed by atoms with van der Waals surface area (Å²) in [6.45, 7) is 3.44. The number of carboxylic acid groups (broad SMARTS) is 2. The molecule has 0 aliphatic heterocycles. The molecule has 0 heterocycles. The first-order chi connectivity index (χ1) is 5.45. The van der Waals surface area contributed by atoms with E-state index in [2.05, 4.69) is 0 Å². The van der Waals surface area contributed by atoms with Crippen molar-refractivity contribution >= 4 is 11.9 Å².